The number of carbonyl (C=O) groups is 2. The van der Waals surface area contributed by atoms with E-state index in [2.05, 4.69) is 15.6 Å². The number of fused-ring (bicyclic) bond motifs is 1. The van der Waals surface area contributed by atoms with Crippen molar-refractivity contribution in [3.8, 4) is 28.7 Å². The lowest BCUT2D eigenvalue weighted by Crippen LogP contribution is -2.67. The topological polar surface area (TPSA) is 253 Å². The molecule has 0 bridgehead atoms. The maximum atomic E-state index is 13.5. The summed E-state index contributed by atoms with van der Waals surface area (Å²) in [6.07, 6.45) is -6.80. The van der Waals surface area contributed by atoms with Gasteiger partial charge in [-0.1, -0.05) is 30.3 Å². The molecule has 1 spiro atoms. The van der Waals surface area contributed by atoms with Crippen molar-refractivity contribution in [3.05, 3.63) is 70.8 Å². The number of carboxylic acid groups (broad SMARTS) is 1. The Bertz CT molecular complexity index is 1810. The van der Waals surface area contributed by atoms with E-state index in [1.54, 1.807) is 6.92 Å². The second-order valence-electron chi connectivity index (χ2n) is 12.3. The predicted molar refractivity (Wildman–Crippen MR) is 189 cm³/mol. The minimum atomic E-state index is -1.86. The first-order chi connectivity index (χ1) is 25.4. The molecular formula is C36H44N4O13. The normalized spacial score (nSPS) is 22.8. The smallest absolute Gasteiger partial charge is 0.338 e. The van der Waals surface area contributed by atoms with E-state index in [0.717, 1.165) is 5.56 Å². The zero-order chi connectivity index (χ0) is 38.3. The summed E-state index contributed by atoms with van der Waals surface area (Å²) in [6, 6.07) is 13.4. The fourth-order valence-corrected chi connectivity index (χ4v) is 6.14. The van der Waals surface area contributed by atoms with Gasteiger partial charge in [0.15, 0.2) is 35.7 Å². The van der Waals surface area contributed by atoms with Gasteiger partial charge in [0, 0.05) is 37.7 Å². The Morgan fingerprint density at radius 3 is 2.51 bits per heavy atom. The van der Waals surface area contributed by atoms with Crippen molar-refractivity contribution in [1.82, 2.24) is 5.32 Å². The summed E-state index contributed by atoms with van der Waals surface area (Å²) in [6.45, 7) is 1.45. The van der Waals surface area contributed by atoms with Gasteiger partial charge in [0.2, 0.25) is 12.0 Å². The Hall–Kier alpha value is -5.49. The molecule has 0 unspecified atom stereocenters. The van der Waals surface area contributed by atoms with Crippen LogP contribution in [0.15, 0.2) is 53.5 Å². The van der Waals surface area contributed by atoms with Gasteiger partial charge in [-0.25, -0.2) is 9.59 Å². The molecule has 3 aromatic rings. The maximum absolute atomic E-state index is 13.5. The number of phenolic OH excluding ortho intramolecular Hbond substituents is 1. The molecule has 53 heavy (non-hydrogen) atoms. The summed E-state index contributed by atoms with van der Waals surface area (Å²) in [5.74, 6) is -2.69. The molecule has 1 fully saturated rings. The van der Waals surface area contributed by atoms with Crippen LogP contribution in [0, 0.1) is 0 Å². The molecule has 3 aromatic carbocycles. The number of aliphatic hydroxyl groups excluding tert-OH is 3. The van der Waals surface area contributed by atoms with Gasteiger partial charge in [-0.3, -0.25) is 4.99 Å². The number of rotatable bonds is 13. The van der Waals surface area contributed by atoms with E-state index in [0.29, 0.717) is 13.0 Å². The second-order valence-corrected chi connectivity index (χ2v) is 12.3. The van der Waals surface area contributed by atoms with Crippen molar-refractivity contribution >= 4 is 23.6 Å². The number of ether oxygens (including phenoxy) is 6. The molecular weight excluding hydrogens is 696 g/mol. The molecule has 17 nitrogen and oxygen atoms in total. The number of esters is 1. The standard InChI is InChI=1S/C36H44N4O13/c1-4-39-23-16-25(24(15-22(23)32(45)46)51-18-40-35(37)38-2)52-34-29(43)28(42)31(44)36(53-34)12-10-20-21(33(47)50-17-36)14-26(27(41)30(20)48-3)49-13-11-19-8-6-5-7-9-19/h5-9,14-16,28-29,31,34,39,41-44H,4,10-13,17-18H2,1-3H3,(H,45,46)(H3,37,38,40)/t28-,29-,31+,34-,36-/m1/s1. The number of benzene rings is 3. The maximum Gasteiger partial charge on any atom is 0.338 e. The molecule has 2 aliphatic heterocycles. The average Bonchev–Trinajstić information content (AvgIpc) is 3.15. The summed E-state index contributed by atoms with van der Waals surface area (Å²) >= 11 is 0. The minimum absolute atomic E-state index is 0.00784. The number of aromatic carboxylic acids is 1. The number of nitrogens with one attached hydrogen (secondary N) is 2. The van der Waals surface area contributed by atoms with Crippen LogP contribution >= 0.6 is 0 Å². The zero-order valence-corrected chi connectivity index (χ0v) is 29.4. The molecule has 2 heterocycles. The highest BCUT2D eigenvalue weighted by atomic mass is 16.7. The van der Waals surface area contributed by atoms with Crippen LogP contribution < -0.4 is 35.3 Å². The summed E-state index contributed by atoms with van der Waals surface area (Å²) < 4.78 is 35.0. The van der Waals surface area contributed by atoms with Crippen LogP contribution in [0.4, 0.5) is 5.69 Å². The molecule has 5 atom stereocenters. The van der Waals surface area contributed by atoms with Gasteiger partial charge in [0.25, 0.3) is 0 Å². The third-order valence-electron chi connectivity index (χ3n) is 8.97. The number of carboxylic acids is 1. The lowest BCUT2D eigenvalue weighted by Gasteiger charge is -2.48. The quantitative estimate of drug-likeness (QED) is 0.0533. The van der Waals surface area contributed by atoms with Crippen molar-refractivity contribution in [2.45, 2.75) is 56.4 Å². The van der Waals surface area contributed by atoms with E-state index >= 15 is 0 Å². The molecule has 9 N–H and O–H groups in total. The van der Waals surface area contributed by atoms with Gasteiger partial charge in [0.1, 0.15) is 30.5 Å². The van der Waals surface area contributed by atoms with Gasteiger partial charge in [-0.2, -0.15) is 0 Å². The zero-order valence-electron chi connectivity index (χ0n) is 29.4. The highest BCUT2D eigenvalue weighted by Crippen LogP contribution is 2.45. The second kappa shape index (κ2) is 16.9. The van der Waals surface area contributed by atoms with Crippen LogP contribution in [0.5, 0.6) is 28.7 Å². The average molecular weight is 741 g/mol. The molecule has 17 heteroatoms. The van der Waals surface area contributed by atoms with Crippen molar-refractivity contribution in [1.29, 1.82) is 0 Å². The van der Waals surface area contributed by atoms with E-state index in [1.807, 2.05) is 30.3 Å². The number of methoxy groups -OCH3 is 1. The van der Waals surface area contributed by atoms with Crippen molar-refractivity contribution in [2.24, 2.45) is 10.7 Å². The van der Waals surface area contributed by atoms with Crippen LogP contribution in [-0.4, -0.2) is 114 Å². The van der Waals surface area contributed by atoms with Crippen LogP contribution in [0.2, 0.25) is 0 Å². The van der Waals surface area contributed by atoms with Crippen LogP contribution in [0.3, 0.4) is 0 Å². The first-order valence-electron chi connectivity index (χ1n) is 16.8. The highest BCUT2D eigenvalue weighted by molar-refractivity contribution is 5.95. The molecule has 0 aliphatic carbocycles. The summed E-state index contributed by atoms with van der Waals surface area (Å²) in [4.78, 5) is 29.4. The van der Waals surface area contributed by atoms with Crippen LogP contribution in [0.1, 0.15) is 45.2 Å². The number of aromatic hydroxyl groups is 1. The first-order valence-corrected chi connectivity index (χ1v) is 16.8. The van der Waals surface area contributed by atoms with Crippen molar-refractivity contribution < 1.29 is 63.5 Å². The first kappa shape index (κ1) is 38.7. The number of nitrogens with zero attached hydrogens (tertiary/aromatic N) is 1. The molecule has 0 amide bonds. The Morgan fingerprint density at radius 2 is 1.83 bits per heavy atom. The number of anilines is 1. The fourth-order valence-electron chi connectivity index (χ4n) is 6.14. The number of aliphatic hydroxyl groups is 3. The predicted octanol–water partition coefficient (Wildman–Crippen LogP) is 1.38. The minimum Gasteiger partial charge on any atom is -0.502 e. The highest BCUT2D eigenvalue weighted by Gasteiger charge is 2.56. The van der Waals surface area contributed by atoms with E-state index in [9.17, 15) is 35.1 Å². The Morgan fingerprint density at radius 1 is 1.08 bits per heavy atom. The summed E-state index contributed by atoms with van der Waals surface area (Å²) in [5.41, 5.74) is 5.13. The Balaban J connectivity index is 1.43. The molecule has 2 aliphatic rings. The Kier molecular flexibility index (Phi) is 12.3. The van der Waals surface area contributed by atoms with E-state index < -0.39 is 48.7 Å². The number of phenols is 1. The monoisotopic (exact) mass is 740 g/mol. The number of nitrogens with two attached hydrogens (primary N) is 1. The number of carbonyl (C=O) groups excluding carboxylic acids is 1. The van der Waals surface area contributed by atoms with Crippen LogP contribution in [-0.2, 0) is 22.3 Å². The Labute approximate surface area is 304 Å². The lowest BCUT2D eigenvalue weighted by molar-refractivity contribution is -0.320. The van der Waals surface area contributed by atoms with Gasteiger partial charge in [0.05, 0.1) is 30.5 Å². The largest absolute Gasteiger partial charge is 0.502 e. The number of aliphatic imine (C=N–C) groups is 1. The summed E-state index contributed by atoms with van der Waals surface area (Å²) in [7, 11) is 2.76. The van der Waals surface area contributed by atoms with Crippen LogP contribution in [0.25, 0.3) is 0 Å². The van der Waals surface area contributed by atoms with Gasteiger partial charge < -0.3 is 70.3 Å². The van der Waals surface area contributed by atoms with Crippen molar-refractivity contribution in [2.75, 3.05) is 46.0 Å². The third-order valence-corrected chi connectivity index (χ3v) is 8.97. The lowest BCUT2D eigenvalue weighted by atomic mass is 9.81. The van der Waals surface area contributed by atoms with Gasteiger partial charge in [-0.05, 0) is 31.4 Å². The van der Waals surface area contributed by atoms with Gasteiger partial charge >= 0.3 is 11.9 Å². The van der Waals surface area contributed by atoms with Gasteiger partial charge in [-0.15, -0.1) is 0 Å². The molecule has 0 aromatic heterocycles. The van der Waals surface area contributed by atoms with E-state index in [4.69, 9.17) is 34.2 Å². The molecule has 0 radical (unpaired) electrons. The molecule has 0 saturated carbocycles. The number of cyclic esters (lactones) is 1. The fraction of sp³-hybridized carbons (Fsp3) is 0.417. The number of hydrogen-bond acceptors (Lipinski definition) is 14. The molecule has 1 saturated heterocycles. The number of hydrogen-bond donors (Lipinski definition) is 8. The molecule has 5 rings (SSSR count). The summed E-state index contributed by atoms with van der Waals surface area (Å²) in [5, 5.41) is 60.1. The van der Waals surface area contributed by atoms with Crippen molar-refractivity contribution in [3.63, 3.8) is 0 Å². The molecule has 286 valence electrons. The van der Waals surface area contributed by atoms with E-state index in [-0.39, 0.29) is 83.3 Å². The SMILES string of the molecule is CCNc1cc(O[C@@H]2O[C@@]3(CCc4c(cc(OCCc5ccccc5)c(O)c4OC)C(=O)OC3)[C@@H](O)[C@H](O)[C@H]2O)c(OCNC(N)=NC)cc1C(=O)O. The number of guanidine groups is 1. The third kappa shape index (κ3) is 8.44. The van der Waals surface area contributed by atoms with E-state index in [1.165, 1.54) is 32.4 Å².